The lowest BCUT2D eigenvalue weighted by Gasteiger charge is -2.09. The summed E-state index contributed by atoms with van der Waals surface area (Å²) in [4.78, 5) is 24.2. The standard InChI is InChI=1S/C14H17N3O2/c1-9(2)8-15-14(19)12-13(18)10-6-4-5-7-11(10)17(3)16-12/h4-7,9H,8H2,1-3H3,(H,15,19). The van der Waals surface area contributed by atoms with E-state index in [1.54, 1.807) is 29.9 Å². The van der Waals surface area contributed by atoms with Crippen molar-refractivity contribution < 1.29 is 4.79 Å². The highest BCUT2D eigenvalue weighted by Crippen LogP contribution is 2.07. The van der Waals surface area contributed by atoms with Crippen molar-refractivity contribution in [2.24, 2.45) is 13.0 Å². The molecule has 1 aromatic heterocycles. The molecule has 0 atom stereocenters. The minimum atomic E-state index is -0.417. The van der Waals surface area contributed by atoms with E-state index in [-0.39, 0.29) is 11.1 Å². The van der Waals surface area contributed by atoms with Crippen molar-refractivity contribution in [3.63, 3.8) is 0 Å². The lowest BCUT2D eigenvalue weighted by atomic mass is 10.2. The zero-order valence-electron chi connectivity index (χ0n) is 11.3. The number of aromatic nitrogens is 2. The molecular weight excluding hydrogens is 242 g/mol. The fourth-order valence-corrected chi connectivity index (χ4v) is 1.85. The molecule has 0 bridgehead atoms. The van der Waals surface area contributed by atoms with Crippen LogP contribution < -0.4 is 10.7 Å². The van der Waals surface area contributed by atoms with Gasteiger partial charge in [-0.15, -0.1) is 0 Å². The molecule has 0 spiro atoms. The van der Waals surface area contributed by atoms with Crippen LogP contribution in [0.1, 0.15) is 24.3 Å². The number of amides is 1. The van der Waals surface area contributed by atoms with Gasteiger partial charge in [0.15, 0.2) is 5.69 Å². The number of benzene rings is 1. The minimum absolute atomic E-state index is 0.0538. The van der Waals surface area contributed by atoms with Crippen LogP contribution in [0, 0.1) is 5.92 Å². The summed E-state index contributed by atoms with van der Waals surface area (Å²) < 4.78 is 1.56. The molecule has 0 fully saturated rings. The summed E-state index contributed by atoms with van der Waals surface area (Å²) in [6.07, 6.45) is 0. The van der Waals surface area contributed by atoms with Gasteiger partial charge in [0, 0.05) is 19.0 Å². The van der Waals surface area contributed by atoms with Crippen molar-refractivity contribution >= 4 is 16.8 Å². The van der Waals surface area contributed by atoms with Crippen molar-refractivity contribution in [1.29, 1.82) is 0 Å². The number of hydrogen-bond donors (Lipinski definition) is 1. The van der Waals surface area contributed by atoms with Crippen molar-refractivity contribution in [2.75, 3.05) is 6.54 Å². The molecular formula is C14H17N3O2. The first-order valence-electron chi connectivity index (χ1n) is 6.25. The van der Waals surface area contributed by atoms with E-state index in [0.717, 1.165) is 0 Å². The first kappa shape index (κ1) is 13.3. The van der Waals surface area contributed by atoms with Crippen LogP contribution in [0.2, 0.25) is 0 Å². The largest absolute Gasteiger partial charge is 0.350 e. The van der Waals surface area contributed by atoms with Crippen molar-refractivity contribution in [3.8, 4) is 0 Å². The lowest BCUT2D eigenvalue weighted by Crippen LogP contribution is -2.33. The second kappa shape index (κ2) is 5.22. The van der Waals surface area contributed by atoms with E-state index in [1.807, 2.05) is 19.9 Å². The molecule has 1 heterocycles. The molecule has 19 heavy (non-hydrogen) atoms. The van der Waals surface area contributed by atoms with Gasteiger partial charge in [-0.1, -0.05) is 26.0 Å². The second-order valence-electron chi connectivity index (χ2n) is 4.92. The minimum Gasteiger partial charge on any atom is -0.350 e. The molecule has 2 aromatic rings. The molecule has 1 amide bonds. The highest BCUT2D eigenvalue weighted by molar-refractivity contribution is 5.95. The Hall–Kier alpha value is -2.17. The fraction of sp³-hybridized carbons (Fsp3) is 0.357. The number of fused-ring (bicyclic) bond motifs is 1. The molecule has 0 aliphatic carbocycles. The summed E-state index contributed by atoms with van der Waals surface area (Å²) >= 11 is 0. The quantitative estimate of drug-likeness (QED) is 0.904. The van der Waals surface area contributed by atoms with Gasteiger partial charge < -0.3 is 5.32 Å². The van der Waals surface area contributed by atoms with E-state index in [4.69, 9.17) is 0 Å². The molecule has 1 N–H and O–H groups in total. The zero-order valence-corrected chi connectivity index (χ0v) is 11.3. The fourth-order valence-electron chi connectivity index (χ4n) is 1.85. The molecule has 0 aliphatic heterocycles. The summed E-state index contributed by atoms with van der Waals surface area (Å²) in [7, 11) is 1.72. The Morgan fingerprint density at radius 3 is 2.74 bits per heavy atom. The molecule has 2 rings (SSSR count). The second-order valence-corrected chi connectivity index (χ2v) is 4.92. The number of nitrogens with one attached hydrogen (secondary N) is 1. The molecule has 0 radical (unpaired) electrons. The Kier molecular flexibility index (Phi) is 3.64. The van der Waals surface area contributed by atoms with Crippen molar-refractivity contribution in [1.82, 2.24) is 15.1 Å². The Morgan fingerprint density at radius 2 is 2.05 bits per heavy atom. The van der Waals surface area contributed by atoms with Crippen molar-refractivity contribution in [2.45, 2.75) is 13.8 Å². The van der Waals surface area contributed by atoms with Gasteiger partial charge in [-0.05, 0) is 18.1 Å². The van der Waals surface area contributed by atoms with E-state index >= 15 is 0 Å². The molecule has 0 saturated heterocycles. The zero-order chi connectivity index (χ0) is 14.0. The van der Waals surface area contributed by atoms with Gasteiger partial charge >= 0.3 is 0 Å². The van der Waals surface area contributed by atoms with Crippen LogP contribution in [0.15, 0.2) is 29.1 Å². The monoisotopic (exact) mass is 259 g/mol. The highest BCUT2D eigenvalue weighted by Gasteiger charge is 2.16. The first-order chi connectivity index (χ1) is 9.00. The smallest absolute Gasteiger partial charge is 0.275 e. The molecule has 5 heteroatoms. The van der Waals surface area contributed by atoms with Gasteiger partial charge in [0.1, 0.15) is 0 Å². The van der Waals surface area contributed by atoms with Gasteiger partial charge in [0.05, 0.1) is 5.52 Å². The van der Waals surface area contributed by atoms with Crippen LogP contribution >= 0.6 is 0 Å². The van der Waals surface area contributed by atoms with Gasteiger partial charge in [0.25, 0.3) is 5.91 Å². The predicted octanol–water partition coefficient (Wildman–Crippen LogP) is 1.32. The van der Waals surface area contributed by atoms with Gasteiger partial charge in [-0.3, -0.25) is 14.3 Å². The van der Waals surface area contributed by atoms with Crippen LogP contribution in [-0.2, 0) is 7.05 Å². The Balaban J connectivity index is 2.47. The summed E-state index contributed by atoms with van der Waals surface area (Å²) in [6, 6.07) is 7.12. The maximum absolute atomic E-state index is 12.2. The van der Waals surface area contributed by atoms with E-state index in [1.165, 1.54) is 0 Å². The lowest BCUT2D eigenvalue weighted by molar-refractivity contribution is 0.0941. The average molecular weight is 259 g/mol. The summed E-state index contributed by atoms with van der Waals surface area (Å²) in [6.45, 7) is 4.51. The first-order valence-corrected chi connectivity index (χ1v) is 6.25. The maximum Gasteiger partial charge on any atom is 0.275 e. The number of carbonyl (C=O) groups excluding carboxylic acids is 1. The van der Waals surface area contributed by atoms with Gasteiger partial charge in [-0.25, -0.2) is 0 Å². The SMILES string of the molecule is CC(C)CNC(=O)c1nn(C)c2ccccc2c1=O. The van der Waals surface area contributed by atoms with Crippen LogP contribution in [-0.4, -0.2) is 22.2 Å². The number of rotatable bonds is 3. The van der Waals surface area contributed by atoms with E-state index < -0.39 is 5.91 Å². The highest BCUT2D eigenvalue weighted by atomic mass is 16.2. The van der Waals surface area contributed by atoms with Crippen LogP contribution in [0.4, 0.5) is 0 Å². The number of para-hydroxylation sites is 1. The Morgan fingerprint density at radius 1 is 1.37 bits per heavy atom. The molecule has 5 nitrogen and oxygen atoms in total. The van der Waals surface area contributed by atoms with E-state index in [2.05, 4.69) is 10.4 Å². The van der Waals surface area contributed by atoms with E-state index in [0.29, 0.717) is 23.4 Å². The van der Waals surface area contributed by atoms with Crippen molar-refractivity contribution in [3.05, 3.63) is 40.2 Å². The number of hydrogen-bond acceptors (Lipinski definition) is 3. The van der Waals surface area contributed by atoms with E-state index in [9.17, 15) is 9.59 Å². The molecule has 0 unspecified atom stereocenters. The molecule has 1 aromatic carbocycles. The summed E-state index contributed by atoms with van der Waals surface area (Å²) in [5.41, 5.74) is 0.338. The molecule has 0 saturated carbocycles. The van der Waals surface area contributed by atoms with Crippen LogP contribution in [0.3, 0.4) is 0 Å². The number of nitrogens with zero attached hydrogens (tertiary/aromatic N) is 2. The summed E-state index contributed by atoms with van der Waals surface area (Å²) in [5.74, 6) is -0.0895. The predicted molar refractivity (Wildman–Crippen MR) is 74.2 cm³/mol. The third-order valence-corrected chi connectivity index (χ3v) is 2.85. The third kappa shape index (κ3) is 2.65. The Bertz CT molecular complexity index is 674. The number of aryl methyl sites for hydroxylation is 1. The summed E-state index contributed by atoms with van der Waals surface area (Å²) in [5, 5.41) is 7.30. The van der Waals surface area contributed by atoms with Gasteiger partial charge in [-0.2, -0.15) is 5.10 Å². The van der Waals surface area contributed by atoms with Gasteiger partial charge in [0.2, 0.25) is 5.43 Å². The third-order valence-electron chi connectivity index (χ3n) is 2.85. The normalized spacial score (nSPS) is 10.9. The Labute approximate surface area is 111 Å². The average Bonchev–Trinajstić information content (AvgIpc) is 2.40. The topological polar surface area (TPSA) is 64.0 Å². The van der Waals surface area contributed by atoms with Crippen LogP contribution in [0.25, 0.3) is 10.9 Å². The molecule has 100 valence electrons. The maximum atomic E-state index is 12.2. The van der Waals surface area contributed by atoms with Crippen LogP contribution in [0.5, 0.6) is 0 Å². The molecule has 0 aliphatic rings. The number of carbonyl (C=O) groups is 1.